The highest BCUT2D eigenvalue weighted by Crippen LogP contribution is 2.17. The van der Waals surface area contributed by atoms with Crippen LogP contribution in [0.2, 0.25) is 0 Å². The smallest absolute Gasteiger partial charge is 0.251 e. The Balaban J connectivity index is 1.56. The van der Waals surface area contributed by atoms with Crippen molar-refractivity contribution in [1.82, 2.24) is 5.32 Å². The summed E-state index contributed by atoms with van der Waals surface area (Å²) in [6, 6.07) is 13.1. The lowest BCUT2D eigenvalue weighted by Crippen LogP contribution is -2.50. The van der Waals surface area contributed by atoms with Crippen LogP contribution < -0.4 is 10.1 Å². The van der Waals surface area contributed by atoms with Gasteiger partial charge in [0, 0.05) is 24.8 Å². The second kappa shape index (κ2) is 8.78. The number of ether oxygens (including phenoxy) is 3. The highest BCUT2D eigenvalue weighted by molar-refractivity contribution is 5.94. The van der Waals surface area contributed by atoms with E-state index in [0.717, 1.165) is 6.42 Å². The molecule has 1 aliphatic heterocycles. The van der Waals surface area contributed by atoms with E-state index in [4.69, 9.17) is 14.2 Å². The lowest BCUT2D eigenvalue weighted by molar-refractivity contribution is -0.0349. The van der Waals surface area contributed by atoms with Gasteiger partial charge in [-0.25, -0.2) is 4.39 Å². The zero-order valence-electron chi connectivity index (χ0n) is 14.6. The molecule has 1 N–H and O–H groups in total. The van der Waals surface area contributed by atoms with Crippen molar-refractivity contribution in [2.45, 2.75) is 25.2 Å². The maximum Gasteiger partial charge on any atom is 0.251 e. The molecule has 0 saturated carbocycles. The Labute approximate surface area is 152 Å². The molecule has 1 amide bonds. The molecule has 3 rings (SSSR count). The maximum absolute atomic E-state index is 13.6. The van der Waals surface area contributed by atoms with E-state index < -0.39 is 0 Å². The summed E-state index contributed by atoms with van der Waals surface area (Å²) in [5.41, 5.74) is 1.00. The van der Waals surface area contributed by atoms with Crippen LogP contribution in [-0.4, -0.2) is 38.4 Å². The second-order valence-corrected chi connectivity index (χ2v) is 6.12. The molecule has 2 aromatic carbocycles. The first-order valence-electron chi connectivity index (χ1n) is 8.55. The molecular formula is C20H22FNO4. The average molecular weight is 359 g/mol. The first-order valence-corrected chi connectivity index (χ1v) is 8.55. The molecule has 0 aromatic heterocycles. The Morgan fingerprint density at radius 1 is 1.23 bits per heavy atom. The summed E-state index contributed by atoms with van der Waals surface area (Å²) in [5.74, 6) is 0.0784. The second-order valence-electron chi connectivity index (χ2n) is 6.12. The molecule has 5 nitrogen and oxygen atoms in total. The van der Waals surface area contributed by atoms with Crippen molar-refractivity contribution in [3.05, 3.63) is 65.5 Å². The lowest BCUT2D eigenvalue weighted by Gasteiger charge is -2.31. The average Bonchev–Trinajstić information content (AvgIpc) is 2.68. The molecule has 26 heavy (non-hydrogen) atoms. The van der Waals surface area contributed by atoms with Crippen molar-refractivity contribution >= 4 is 5.91 Å². The highest BCUT2D eigenvalue weighted by Gasteiger charge is 2.27. The van der Waals surface area contributed by atoms with Gasteiger partial charge in [0.15, 0.2) is 0 Å². The summed E-state index contributed by atoms with van der Waals surface area (Å²) in [7, 11) is 1.64. The molecule has 2 atom stereocenters. The maximum atomic E-state index is 13.6. The van der Waals surface area contributed by atoms with Gasteiger partial charge in [0.25, 0.3) is 5.91 Å². The molecule has 2 aromatic rings. The van der Waals surface area contributed by atoms with Crippen LogP contribution in [0, 0.1) is 5.82 Å². The van der Waals surface area contributed by atoms with Crippen LogP contribution in [0.25, 0.3) is 0 Å². The third kappa shape index (κ3) is 4.59. The van der Waals surface area contributed by atoms with Crippen LogP contribution in [0.3, 0.4) is 0 Å². The quantitative estimate of drug-likeness (QED) is 0.862. The Bertz CT molecular complexity index is 735. The summed E-state index contributed by atoms with van der Waals surface area (Å²) in [4.78, 5) is 12.4. The topological polar surface area (TPSA) is 56.8 Å². The number of rotatable bonds is 6. The van der Waals surface area contributed by atoms with Gasteiger partial charge in [-0.15, -0.1) is 0 Å². The number of hydrogen-bond donors (Lipinski definition) is 1. The van der Waals surface area contributed by atoms with Gasteiger partial charge >= 0.3 is 0 Å². The third-order valence-electron chi connectivity index (χ3n) is 4.38. The Kier molecular flexibility index (Phi) is 6.20. The number of hydrogen-bond acceptors (Lipinski definition) is 4. The molecule has 0 bridgehead atoms. The minimum Gasteiger partial charge on any atom is -0.489 e. The summed E-state index contributed by atoms with van der Waals surface area (Å²) >= 11 is 0. The van der Waals surface area contributed by atoms with Crippen LogP contribution >= 0.6 is 0 Å². The van der Waals surface area contributed by atoms with E-state index in [9.17, 15) is 9.18 Å². The summed E-state index contributed by atoms with van der Waals surface area (Å²) < 4.78 is 30.0. The minimum atomic E-state index is -0.300. The number of carbonyl (C=O) groups is 1. The SMILES string of the molecule is CO[C@@H]1CCOC[C@H]1NC(=O)c1ccc(OCc2ccccc2F)cc1. The largest absolute Gasteiger partial charge is 0.489 e. The first kappa shape index (κ1) is 18.4. The fourth-order valence-corrected chi connectivity index (χ4v) is 2.87. The van der Waals surface area contributed by atoms with Crippen molar-refractivity contribution in [3.63, 3.8) is 0 Å². The van der Waals surface area contributed by atoms with Gasteiger partial charge in [-0.05, 0) is 36.8 Å². The van der Waals surface area contributed by atoms with Gasteiger partial charge in [0.2, 0.25) is 0 Å². The predicted octanol–water partition coefficient (Wildman–Crippen LogP) is 2.94. The fourth-order valence-electron chi connectivity index (χ4n) is 2.87. The summed E-state index contributed by atoms with van der Waals surface area (Å²) in [6.45, 7) is 1.21. The third-order valence-corrected chi connectivity index (χ3v) is 4.38. The molecule has 1 aliphatic rings. The van der Waals surface area contributed by atoms with Crippen LogP contribution in [0.1, 0.15) is 22.3 Å². The van der Waals surface area contributed by atoms with Gasteiger partial charge in [0.05, 0.1) is 18.8 Å². The van der Waals surface area contributed by atoms with Gasteiger partial charge < -0.3 is 19.5 Å². The van der Waals surface area contributed by atoms with E-state index in [1.54, 1.807) is 49.6 Å². The van der Waals surface area contributed by atoms with Crippen molar-refractivity contribution in [3.8, 4) is 5.75 Å². The highest BCUT2D eigenvalue weighted by atomic mass is 19.1. The van der Waals surface area contributed by atoms with E-state index in [2.05, 4.69) is 5.32 Å². The monoisotopic (exact) mass is 359 g/mol. The summed E-state index contributed by atoms with van der Waals surface area (Å²) in [6.07, 6.45) is 0.709. The number of amides is 1. The van der Waals surface area contributed by atoms with Crippen LogP contribution in [-0.2, 0) is 16.1 Å². The van der Waals surface area contributed by atoms with E-state index >= 15 is 0 Å². The van der Waals surface area contributed by atoms with Crippen molar-refractivity contribution in [1.29, 1.82) is 0 Å². The van der Waals surface area contributed by atoms with Crippen molar-refractivity contribution in [2.24, 2.45) is 0 Å². The molecule has 0 radical (unpaired) electrons. The molecule has 0 spiro atoms. The van der Waals surface area contributed by atoms with E-state index in [0.29, 0.717) is 30.1 Å². The molecule has 0 aliphatic carbocycles. The lowest BCUT2D eigenvalue weighted by atomic mass is 10.1. The Morgan fingerprint density at radius 3 is 2.73 bits per heavy atom. The molecule has 1 saturated heterocycles. The number of methoxy groups -OCH3 is 1. The predicted molar refractivity (Wildman–Crippen MR) is 94.7 cm³/mol. The number of nitrogens with one attached hydrogen (secondary N) is 1. The molecule has 0 unspecified atom stereocenters. The normalized spacial score (nSPS) is 19.8. The van der Waals surface area contributed by atoms with Gasteiger partial charge in [-0.3, -0.25) is 4.79 Å². The van der Waals surface area contributed by atoms with Crippen LogP contribution in [0.15, 0.2) is 48.5 Å². The first-order chi connectivity index (χ1) is 12.7. The molecular weight excluding hydrogens is 337 g/mol. The zero-order chi connectivity index (χ0) is 18.4. The molecule has 1 heterocycles. The Hall–Kier alpha value is -2.44. The van der Waals surface area contributed by atoms with E-state index in [1.165, 1.54) is 6.07 Å². The molecule has 1 fully saturated rings. The van der Waals surface area contributed by atoms with Gasteiger partial charge in [-0.2, -0.15) is 0 Å². The standard InChI is InChI=1S/C20H22FNO4/c1-24-19-10-11-25-13-18(19)22-20(23)14-6-8-16(9-7-14)26-12-15-4-2-3-5-17(15)21/h2-9,18-19H,10-13H2,1H3,(H,22,23)/t18-,19-/m1/s1. The number of benzene rings is 2. The molecule has 6 heteroatoms. The Morgan fingerprint density at radius 2 is 2.00 bits per heavy atom. The van der Waals surface area contributed by atoms with Crippen LogP contribution in [0.5, 0.6) is 5.75 Å². The number of halogens is 1. The number of carbonyl (C=O) groups excluding carboxylic acids is 1. The summed E-state index contributed by atoms with van der Waals surface area (Å²) in [5, 5.41) is 2.94. The van der Waals surface area contributed by atoms with Gasteiger partial charge in [0.1, 0.15) is 18.2 Å². The van der Waals surface area contributed by atoms with E-state index in [1.807, 2.05) is 0 Å². The van der Waals surface area contributed by atoms with E-state index in [-0.39, 0.29) is 30.5 Å². The van der Waals surface area contributed by atoms with Gasteiger partial charge in [-0.1, -0.05) is 18.2 Å². The minimum absolute atomic E-state index is 0.0453. The fraction of sp³-hybridized carbons (Fsp3) is 0.350. The van der Waals surface area contributed by atoms with Crippen LogP contribution in [0.4, 0.5) is 4.39 Å². The van der Waals surface area contributed by atoms with Crippen molar-refractivity contribution < 1.29 is 23.4 Å². The zero-order valence-corrected chi connectivity index (χ0v) is 14.6. The molecule has 138 valence electrons. The van der Waals surface area contributed by atoms with Crippen molar-refractivity contribution in [2.75, 3.05) is 20.3 Å².